The third-order valence-corrected chi connectivity index (χ3v) is 5.54. The van der Waals surface area contributed by atoms with Crippen LogP contribution in [0.1, 0.15) is 31.2 Å². The molecule has 0 aromatic heterocycles. The molecule has 2 atom stereocenters. The predicted molar refractivity (Wildman–Crippen MR) is 81.6 cm³/mol. The molecule has 20 heavy (non-hydrogen) atoms. The van der Waals surface area contributed by atoms with Crippen molar-refractivity contribution in [2.45, 2.75) is 35.9 Å². The molecular formula is C16H19BrO3. The molecule has 1 aromatic rings. The Balaban J connectivity index is 2.02. The van der Waals surface area contributed by atoms with Crippen LogP contribution in [0.5, 0.6) is 11.5 Å². The van der Waals surface area contributed by atoms with Crippen molar-refractivity contribution in [3.8, 4) is 11.5 Å². The van der Waals surface area contributed by atoms with Crippen LogP contribution in [0.25, 0.3) is 0 Å². The molecule has 2 aliphatic rings. The lowest BCUT2D eigenvalue weighted by Gasteiger charge is -2.39. The molecule has 1 aliphatic heterocycles. The maximum absolute atomic E-state index is 5.52. The zero-order valence-corrected chi connectivity index (χ0v) is 13.2. The number of hydrogen-bond acceptors (Lipinski definition) is 3. The van der Waals surface area contributed by atoms with E-state index in [9.17, 15) is 0 Å². The maximum atomic E-state index is 5.52. The zero-order valence-electron chi connectivity index (χ0n) is 11.6. The molecule has 0 N–H and O–H groups in total. The lowest BCUT2D eigenvalue weighted by Crippen LogP contribution is -2.37. The summed E-state index contributed by atoms with van der Waals surface area (Å²) in [5.41, 5.74) is 1.23. The molecule has 0 saturated heterocycles. The van der Waals surface area contributed by atoms with Crippen molar-refractivity contribution in [3.63, 3.8) is 0 Å². The molecule has 108 valence electrons. The summed E-state index contributed by atoms with van der Waals surface area (Å²) in [4.78, 5) is 0.413. The molecule has 0 spiro atoms. The first-order valence-electron chi connectivity index (χ1n) is 7.01. The third-order valence-electron chi connectivity index (χ3n) is 4.27. The van der Waals surface area contributed by atoms with Gasteiger partial charge in [0.1, 0.15) is 0 Å². The van der Waals surface area contributed by atoms with Crippen molar-refractivity contribution in [1.29, 1.82) is 0 Å². The van der Waals surface area contributed by atoms with E-state index in [0.717, 1.165) is 17.9 Å². The first kappa shape index (κ1) is 13.8. The second kappa shape index (κ2) is 5.68. The van der Waals surface area contributed by atoms with Gasteiger partial charge in [0.05, 0.1) is 13.4 Å². The van der Waals surface area contributed by atoms with Gasteiger partial charge in [-0.1, -0.05) is 34.8 Å². The van der Waals surface area contributed by atoms with Gasteiger partial charge in [-0.2, -0.15) is 0 Å². The van der Waals surface area contributed by atoms with E-state index >= 15 is 0 Å². The Bertz CT molecular complexity index is 514. The van der Waals surface area contributed by atoms with Crippen LogP contribution in [0.3, 0.4) is 0 Å². The molecule has 1 aliphatic carbocycles. The minimum atomic E-state index is -0.0325. The zero-order chi connectivity index (χ0) is 14.0. The minimum Gasteiger partial charge on any atom is -0.505 e. The van der Waals surface area contributed by atoms with Gasteiger partial charge in [-0.3, -0.25) is 0 Å². The summed E-state index contributed by atoms with van der Waals surface area (Å²) >= 11 is 3.88. The SMILES string of the molecule is CO/C=C/[C@]1(c2ccc3c(c2)OCO3)CCCC[C@@H]1Br. The molecule has 0 amide bonds. The van der Waals surface area contributed by atoms with E-state index < -0.39 is 0 Å². The molecule has 1 fully saturated rings. The first-order chi connectivity index (χ1) is 9.76. The van der Waals surface area contributed by atoms with E-state index in [2.05, 4.69) is 34.1 Å². The standard InChI is InChI=1S/C16H19BrO3/c1-18-9-8-16(7-3-2-4-15(16)17)12-5-6-13-14(10-12)20-11-19-13/h5-6,8-10,15H,2-4,7,11H2,1H3/b9-8+/t15-,16-/m0/s1. The fraction of sp³-hybridized carbons (Fsp3) is 0.500. The molecule has 3 rings (SSSR count). The largest absolute Gasteiger partial charge is 0.505 e. The number of fused-ring (bicyclic) bond motifs is 1. The fourth-order valence-corrected chi connectivity index (χ4v) is 4.11. The number of ether oxygens (including phenoxy) is 3. The summed E-state index contributed by atoms with van der Waals surface area (Å²) in [6.45, 7) is 0.317. The van der Waals surface area contributed by atoms with E-state index in [0.29, 0.717) is 11.6 Å². The molecular weight excluding hydrogens is 320 g/mol. The van der Waals surface area contributed by atoms with Gasteiger partial charge >= 0.3 is 0 Å². The summed E-state index contributed by atoms with van der Waals surface area (Å²) in [6, 6.07) is 6.27. The first-order valence-corrected chi connectivity index (χ1v) is 7.92. The smallest absolute Gasteiger partial charge is 0.231 e. The highest BCUT2D eigenvalue weighted by Gasteiger charge is 2.39. The quantitative estimate of drug-likeness (QED) is 0.612. The van der Waals surface area contributed by atoms with Crippen LogP contribution in [-0.2, 0) is 10.2 Å². The number of alkyl halides is 1. The molecule has 3 nitrogen and oxygen atoms in total. The number of rotatable bonds is 3. The topological polar surface area (TPSA) is 27.7 Å². The van der Waals surface area contributed by atoms with E-state index in [1.165, 1.54) is 24.8 Å². The maximum Gasteiger partial charge on any atom is 0.231 e. The Hall–Kier alpha value is -1.16. The molecule has 0 radical (unpaired) electrons. The van der Waals surface area contributed by atoms with Crippen LogP contribution in [0, 0.1) is 0 Å². The molecule has 1 saturated carbocycles. The van der Waals surface area contributed by atoms with E-state index in [1.807, 2.05) is 6.07 Å². The van der Waals surface area contributed by atoms with E-state index in [1.54, 1.807) is 13.4 Å². The van der Waals surface area contributed by atoms with Crippen LogP contribution < -0.4 is 9.47 Å². The summed E-state index contributed by atoms with van der Waals surface area (Å²) in [5, 5.41) is 0. The van der Waals surface area contributed by atoms with E-state index in [-0.39, 0.29) is 5.41 Å². The fourth-order valence-electron chi connectivity index (χ4n) is 3.14. The van der Waals surface area contributed by atoms with E-state index in [4.69, 9.17) is 14.2 Å². The van der Waals surface area contributed by atoms with Crippen LogP contribution >= 0.6 is 15.9 Å². The van der Waals surface area contributed by atoms with Gasteiger partial charge < -0.3 is 14.2 Å². The number of allylic oxidation sites excluding steroid dienone is 1. The Morgan fingerprint density at radius 3 is 2.95 bits per heavy atom. The Labute approximate surface area is 128 Å². The summed E-state index contributed by atoms with van der Waals surface area (Å²) in [5.74, 6) is 1.68. The highest BCUT2D eigenvalue weighted by molar-refractivity contribution is 9.09. The Kier molecular flexibility index (Phi) is 3.92. The predicted octanol–water partition coefficient (Wildman–Crippen LogP) is 4.15. The number of hydrogen-bond donors (Lipinski definition) is 0. The number of methoxy groups -OCH3 is 1. The molecule has 0 unspecified atom stereocenters. The van der Waals surface area contributed by atoms with Gasteiger partial charge in [-0.25, -0.2) is 0 Å². The molecule has 1 heterocycles. The lowest BCUT2D eigenvalue weighted by molar-refractivity contribution is 0.174. The van der Waals surface area contributed by atoms with Crippen molar-refractivity contribution in [2.24, 2.45) is 0 Å². The van der Waals surface area contributed by atoms with Crippen molar-refractivity contribution in [3.05, 3.63) is 36.1 Å². The van der Waals surface area contributed by atoms with Crippen LogP contribution in [0.4, 0.5) is 0 Å². The minimum absolute atomic E-state index is 0.0325. The molecule has 0 bridgehead atoms. The van der Waals surface area contributed by atoms with Crippen molar-refractivity contribution < 1.29 is 14.2 Å². The summed E-state index contributed by atoms with van der Waals surface area (Å²) in [7, 11) is 1.69. The summed E-state index contributed by atoms with van der Waals surface area (Å²) < 4.78 is 16.1. The molecule has 4 heteroatoms. The van der Waals surface area contributed by atoms with Gasteiger partial charge in [-0.05, 0) is 36.6 Å². The van der Waals surface area contributed by atoms with Crippen molar-refractivity contribution in [1.82, 2.24) is 0 Å². The average molecular weight is 339 g/mol. The summed E-state index contributed by atoms with van der Waals surface area (Å²) in [6.07, 6.45) is 8.76. The Morgan fingerprint density at radius 2 is 2.15 bits per heavy atom. The normalized spacial score (nSPS) is 28.8. The second-order valence-corrected chi connectivity index (χ2v) is 6.47. The highest BCUT2D eigenvalue weighted by atomic mass is 79.9. The van der Waals surface area contributed by atoms with Crippen LogP contribution in [0.2, 0.25) is 0 Å². The van der Waals surface area contributed by atoms with Gasteiger partial charge in [0.15, 0.2) is 11.5 Å². The van der Waals surface area contributed by atoms with Crippen LogP contribution in [-0.4, -0.2) is 18.7 Å². The second-order valence-electron chi connectivity index (χ2n) is 5.36. The lowest BCUT2D eigenvalue weighted by atomic mass is 9.69. The van der Waals surface area contributed by atoms with Crippen LogP contribution in [0.15, 0.2) is 30.5 Å². The third kappa shape index (κ3) is 2.30. The van der Waals surface area contributed by atoms with Gasteiger partial charge in [-0.15, -0.1) is 0 Å². The number of halogens is 1. The monoisotopic (exact) mass is 338 g/mol. The Morgan fingerprint density at radius 1 is 1.30 bits per heavy atom. The van der Waals surface area contributed by atoms with Crippen molar-refractivity contribution in [2.75, 3.05) is 13.9 Å². The van der Waals surface area contributed by atoms with Gasteiger partial charge in [0.25, 0.3) is 0 Å². The van der Waals surface area contributed by atoms with Gasteiger partial charge in [0.2, 0.25) is 6.79 Å². The van der Waals surface area contributed by atoms with Crippen molar-refractivity contribution >= 4 is 15.9 Å². The van der Waals surface area contributed by atoms with Gasteiger partial charge in [0, 0.05) is 10.2 Å². The number of benzene rings is 1. The average Bonchev–Trinajstić information content (AvgIpc) is 2.94. The highest BCUT2D eigenvalue weighted by Crippen LogP contribution is 2.47. The molecule has 1 aromatic carbocycles.